The molecule has 0 spiro atoms. The van der Waals surface area contributed by atoms with E-state index < -0.39 is 6.61 Å². The van der Waals surface area contributed by atoms with Crippen LogP contribution in [0.5, 0.6) is 0 Å². The molecule has 0 saturated heterocycles. The van der Waals surface area contributed by atoms with Crippen molar-refractivity contribution in [3.05, 3.63) is 82.9 Å². The third-order valence-corrected chi connectivity index (χ3v) is 4.55. The second-order valence-corrected chi connectivity index (χ2v) is 6.49. The van der Waals surface area contributed by atoms with E-state index in [9.17, 15) is 9.59 Å². The topological polar surface area (TPSA) is 63.6 Å². The van der Waals surface area contributed by atoms with Crippen LogP contribution in [-0.2, 0) is 29.0 Å². The van der Waals surface area contributed by atoms with Gasteiger partial charge in [0.15, 0.2) is 5.78 Å². The van der Waals surface area contributed by atoms with Gasteiger partial charge in [0.05, 0.1) is 6.42 Å². The highest BCUT2D eigenvalue weighted by atomic mass is 16.5. The van der Waals surface area contributed by atoms with Gasteiger partial charge in [0.1, 0.15) is 13.2 Å². The summed E-state index contributed by atoms with van der Waals surface area (Å²) in [6.45, 7) is 1.84. The predicted octanol–water partition coefficient (Wildman–Crippen LogP) is 3.86. The number of hydrogen-bond acceptors (Lipinski definition) is 4. The van der Waals surface area contributed by atoms with Gasteiger partial charge in [0.25, 0.3) is 0 Å². The van der Waals surface area contributed by atoms with E-state index in [4.69, 9.17) is 9.84 Å². The van der Waals surface area contributed by atoms with E-state index in [-0.39, 0.29) is 24.8 Å². The van der Waals surface area contributed by atoms with Crippen molar-refractivity contribution in [2.75, 3.05) is 6.61 Å². The number of aliphatic hydroxyl groups is 1. The van der Waals surface area contributed by atoms with Gasteiger partial charge in [-0.1, -0.05) is 61.5 Å². The summed E-state index contributed by atoms with van der Waals surface area (Å²) in [4.78, 5) is 23.5. The molecule has 0 bridgehead atoms. The largest absolute Gasteiger partial charge is 0.461 e. The van der Waals surface area contributed by atoms with Gasteiger partial charge in [-0.15, -0.1) is 0 Å². The van der Waals surface area contributed by atoms with Gasteiger partial charge in [0.2, 0.25) is 0 Å². The van der Waals surface area contributed by atoms with Crippen molar-refractivity contribution in [3.8, 4) is 0 Å². The van der Waals surface area contributed by atoms with Crippen LogP contribution >= 0.6 is 0 Å². The minimum Gasteiger partial charge on any atom is -0.461 e. The molecule has 3 aromatic carbocycles. The number of Topliss-reactive ketones (excluding diaryl/α,β-unsaturated/α-hetero) is 1. The fraction of sp³-hybridized carbons (Fsp3) is 0.217. The molecule has 27 heavy (non-hydrogen) atoms. The third-order valence-electron chi connectivity index (χ3n) is 4.55. The van der Waals surface area contributed by atoms with Crippen LogP contribution < -0.4 is 0 Å². The number of carbonyl (C=O) groups excluding carboxylic acids is 2. The summed E-state index contributed by atoms with van der Waals surface area (Å²) < 4.78 is 5.38. The molecule has 138 valence electrons. The second-order valence-electron chi connectivity index (χ2n) is 6.49. The highest BCUT2D eigenvalue weighted by Gasteiger charge is 2.08. The minimum absolute atomic E-state index is 0.140. The zero-order chi connectivity index (χ0) is 19.2. The molecule has 0 atom stereocenters. The van der Waals surface area contributed by atoms with E-state index in [1.165, 1.54) is 10.9 Å². The number of aliphatic hydroxyl groups excluding tert-OH is 1. The summed E-state index contributed by atoms with van der Waals surface area (Å²) in [6.07, 6.45) is 1.14. The lowest BCUT2D eigenvalue weighted by Gasteiger charge is -2.08. The van der Waals surface area contributed by atoms with Gasteiger partial charge in [-0.2, -0.15) is 0 Å². The smallest absolute Gasteiger partial charge is 0.310 e. The third kappa shape index (κ3) is 4.80. The number of benzene rings is 3. The Bertz CT molecular complexity index is 958. The molecule has 3 aromatic rings. The van der Waals surface area contributed by atoms with Crippen LogP contribution in [0.4, 0.5) is 0 Å². The van der Waals surface area contributed by atoms with Crippen LogP contribution in [0.15, 0.2) is 60.7 Å². The highest BCUT2D eigenvalue weighted by Crippen LogP contribution is 2.19. The molecule has 0 amide bonds. The number of rotatable bonds is 7. The van der Waals surface area contributed by atoms with E-state index in [0.717, 1.165) is 22.9 Å². The number of ketones is 1. The van der Waals surface area contributed by atoms with Crippen molar-refractivity contribution in [3.63, 3.8) is 0 Å². The maximum atomic E-state index is 12.1. The van der Waals surface area contributed by atoms with Crippen molar-refractivity contribution in [1.82, 2.24) is 0 Å². The van der Waals surface area contributed by atoms with Gasteiger partial charge in [0, 0.05) is 5.56 Å². The van der Waals surface area contributed by atoms with Crippen molar-refractivity contribution in [1.29, 1.82) is 0 Å². The molecule has 3 rings (SSSR count). The Kier molecular flexibility index (Phi) is 5.99. The summed E-state index contributed by atoms with van der Waals surface area (Å²) in [5, 5.41) is 11.2. The average molecular weight is 362 g/mol. The Balaban J connectivity index is 1.58. The first kappa shape index (κ1) is 18.8. The van der Waals surface area contributed by atoms with Crippen molar-refractivity contribution < 1.29 is 19.4 Å². The minimum atomic E-state index is -0.521. The Morgan fingerprint density at radius 1 is 0.852 bits per heavy atom. The maximum absolute atomic E-state index is 12.1. The molecule has 0 aromatic heterocycles. The number of carbonyl (C=O) groups is 2. The molecule has 1 N–H and O–H groups in total. The molecule has 0 aliphatic rings. The van der Waals surface area contributed by atoms with Crippen LogP contribution in [0.3, 0.4) is 0 Å². The number of aryl methyl sites for hydroxylation is 1. The summed E-state index contributed by atoms with van der Waals surface area (Å²) in [7, 11) is 0. The van der Waals surface area contributed by atoms with E-state index in [1.807, 2.05) is 12.1 Å². The zero-order valence-electron chi connectivity index (χ0n) is 15.3. The first-order valence-corrected chi connectivity index (χ1v) is 8.99. The molecule has 4 nitrogen and oxygen atoms in total. The lowest BCUT2D eigenvalue weighted by atomic mass is 10.0. The first-order valence-electron chi connectivity index (χ1n) is 8.99. The van der Waals surface area contributed by atoms with E-state index in [1.54, 1.807) is 24.3 Å². The lowest BCUT2D eigenvalue weighted by molar-refractivity contribution is -0.144. The monoisotopic (exact) mass is 362 g/mol. The standard InChI is InChI=1S/C23H22O4/c1-2-16-3-9-21-12-18(6-10-20(21)11-16)15-27-23(26)13-17-4-7-19(8-5-17)22(25)14-24/h3-12,24H,2,13-15H2,1H3. The van der Waals surface area contributed by atoms with Gasteiger partial charge < -0.3 is 9.84 Å². The fourth-order valence-electron chi connectivity index (χ4n) is 2.94. The van der Waals surface area contributed by atoms with Crippen molar-refractivity contribution >= 4 is 22.5 Å². The molecular weight excluding hydrogens is 340 g/mol. The van der Waals surface area contributed by atoms with Crippen LogP contribution in [-0.4, -0.2) is 23.5 Å². The van der Waals surface area contributed by atoms with Crippen molar-refractivity contribution in [2.45, 2.75) is 26.4 Å². The van der Waals surface area contributed by atoms with Crippen LogP contribution in [0.1, 0.15) is 34.0 Å². The number of esters is 1. The van der Waals surface area contributed by atoms with Gasteiger partial charge in [-0.3, -0.25) is 9.59 Å². The molecular formula is C23H22O4. The van der Waals surface area contributed by atoms with E-state index in [2.05, 4.69) is 31.2 Å². The SMILES string of the molecule is CCc1ccc2cc(COC(=O)Cc3ccc(C(=O)CO)cc3)ccc2c1. The summed E-state index contributed by atoms with van der Waals surface area (Å²) >= 11 is 0. The van der Waals surface area contributed by atoms with Crippen molar-refractivity contribution in [2.24, 2.45) is 0 Å². The Labute approximate surface area is 158 Å². The number of ether oxygens (including phenoxy) is 1. The molecule has 0 heterocycles. The summed E-state index contributed by atoms with van der Waals surface area (Å²) in [6, 6.07) is 19.1. The highest BCUT2D eigenvalue weighted by molar-refractivity contribution is 5.97. The zero-order valence-corrected chi connectivity index (χ0v) is 15.3. The second kappa shape index (κ2) is 8.60. The Morgan fingerprint density at radius 2 is 1.44 bits per heavy atom. The molecule has 0 unspecified atom stereocenters. The van der Waals surface area contributed by atoms with Gasteiger partial charge in [-0.25, -0.2) is 0 Å². The Morgan fingerprint density at radius 3 is 2.07 bits per heavy atom. The molecule has 0 aliphatic heterocycles. The number of hydrogen-bond donors (Lipinski definition) is 1. The van der Waals surface area contributed by atoms with E-state index >= 15 is 0 Å². The van der Waals surface area contributed by atoms with Gasteiger partial charge in [-0.05, 0) is 39.9 Å². The van der Waals surface area contributed by atoms with E-state index in [0.29, 0.717) is 5.56 Å². The van der Waals surface area contributed by atoms with Gasteiger partial charge >= 0.3 is 5.97 Å². The quantitative estimate of drug-likeness (QED) is 0.512. The van der Waals surface area contributed by atoms with Crippen LogP contribution in [0.25, 0.3) is 10.8 Å². The number of fused-ring (bicyclic) bond motifs is 1. The average Bonchev–Trinajstić information content (AvgIpc) is 2.71. The normalized spacial score (nSPS) is 10.7. The molecule has 0 radical (unpaired) electrons. The van der Waals surface area contributed by atoms with Crippen LogP contribution in [0.2, 0.25) is 0 Å². The molecule has 0 aliphatic carbocycles. The maximum Gasteiger partial charge on any atom is 0.310 e. The summed E-state index contributed by atoms with van der Waals surface area (Å²) in [5.41, 5.74) is 3.44. The fourth-order valence-corrected chi connectivity index (χ4v) is 2.94. The Hall–Kier alpha value is -2.98. The molecule has 0 saturated carbocycles. The summed E-state index contributed by atoms with van der Waals surface area (Å²) in [5.74, 6) is -0.663. The molecule has 0 fully saturated rings. The lowest BCUT2D eigenvalue weighted by Crippen LogP contribution is -2.09. The molecule has 4 heteroatoms. The van der Waals surface area contributed by atoms with Crippen LogP contribution in [0, 0.1) is 0 Å². The first-order chi connectivity index (χ1) is 13.1. The predicted molar refractivity (Wildman–Crippen MR) is 105 cm³/mol.